The Balaban J connectivity index is 3.45. The minimum absolute atomic E-state index is 0.185. The fourth-order valence-corrected chi connectivity index (χ4v) is 4.20. The normalized spacial score (nSPS) is 12.6. The summed E-state index contributed by atoms with van der Waals surface area (Å²) in [6.45, 7) is 15.7. The van der Waals surface area contributed by atoms with Crippen LogP contribution in [0.5, 0.6) is 0 Å². The van der Waals surface area contributed by atoms with Gasteiger partial charge in [0.1, 0.15) is 0 Å². The number of rotatable bonds is 3. The van der Waals surface area contributed by atoms with E-state index in [9.17, 15) is 4.79 Å². The van der Waals surface area contributed by atoms with E-state index in [0.29, 0.717) is 0 Å². The predicted octanol–water partition coefficient (Wildman–Crippen LogP) is 2.98. The smallest absolute Gasteiger partial charge is 0.159 e. The van der Waals surface area contributed by atoms with Crippen LogP contribution in [0.25, 0.3) is 0 Å². The third kappa shape index (κ3) is 3.64. The zero-order chi connectivity index (χ0) is 13.4. The molecular weight excluding hydrogens is 240 g/mol. The molecule has 1 aromatic rings. The molecule has 1 nitrogen and oxygen atoms in total. The lowest BCUT2D eigenvalue weighted by molar-refractivity contribution is 0.101. The number of Topliss-reactive ketones (excluding diaryl/α,β-unsaturated/α-hetero) is 1. The number of carbonyl (C=O) groups is 1. The van der Waals surface area contributed by atoms with E-state index in [4.69, 9.17) is 0 Å². The molecule has 0 aliphatic heterocycles. The summed E-state index contributed by atoms with van der Waals surface area (Å²) in [4.78, 5) is 11.6. The van der Waals surface area contributed by atoms with Crippen molar-refractivity contribution in [1.29, 1.82) is 0 Å². The van der Waals surface area contributed by atoms with Gasteiger partial charge in [-0.15, -0.1) is 0 Å². The summed E-state index contributed by atoms with van der Waals surface area (Å²) in [5, 5.41) is 2.81. The molecule has 0 atom stereocenters. The van der Waals surface area contributed by atoms with Crippen LogP contribution in [0.4, 0.5) is 0 Å². The van der Waals surface area contributed by atoms with Gasteiger partial charge in [0.05, 0.1) is 16.1 Å². The number of carbonyl (C=O) groups excluding carboxylic acids is 1. The molecule has 17 heavy (non-hydrogen) atoms. The summed E-state index contributed by atoms with van der Waals surface area (Å²) < 4.78 is 0. The Hall–Kier alpha value is -0.676. The summed E-state index contributed by atoms with van der Waals surface area (Å²) in [6.07, 6.45) is 0. The minimum atomic E-state index is -1.35. The van der Waals surface area contributed by atoms with Crippen molar-refractivity contribution in [1.82, 2.24) is 0 Å². The first-order valence-electron chi connectivity index (χ1n) is 6.19. The summed E-state index contributed by atoms with van der Waals surface area (Å²) >= 11 is 0. The van der Waals surface area contributed by atoms with Gasteiger partial charge in [-0.05, 0) is 6.92 Å². The van der Waals surface area contributed by atoms with Crippen molar-refractivity contribution < 1.29 is 4.79 Å². The summed E-state index contributed by atoms with van der Waals surface area (Å²) in [5.41, 5.74) is 0.891. The number of hydrogen-bond acceptors (Lipinski definition) is 1. The summed E-state index contributed by atoms with van der Waals surface area (Å²) in [7, 11) is -2.70. The van der Waals surface area contributed by atoms with Gasteiger partial charge >= 0.3 is 0 Å². The van der Waals surface area contributed by atoms with Crippen LogP contribution in [0, 0.1) is 0 Å². The maximum atomic E-state index is 11.6. The van der Waals surface area contributed by atoms with Gasteiger partial charge in [0.2, 0.25) is 0 Å². The van der Waals surface area contributed by atoms with Gasteiger partial charge in [0.25, 0.3) is 0 Å². The fraction of sp³-hybridized carbons (Fsp3) is 0.500. The SMILES string of the molecule is CC(=O)c1cc([Si](C)(C)C)cc([Si](C)(C)C)c1. The first-order valence-corrected chi connectivity index (χ1v) is 13.2. The van der Waals surface area contributed by atoms with Crippen LogP contribution in [-0.2, 0) is 0 Å². The second kappa shape index (κ2) is 4.54. The van der Waals surface area contributed by atoms with Crippen LogP contribution in [-0.4, -0.2) is 21.9 Å². The predicted molar refractivity (Wildman–Crippen MR) is 82.4 cm³/mol. The molecule has 0 aromatic heterocycles. The Morgan fingerprint density at radius 2 is 1.18 bits per heavy atom. The van der Waals surface area contributed by atoms with Gasteiger partial charge in [0, 0.05) is 5.56 Å². The molecule has 1 aromatic carbocycles. The van der Waals surface area contributed by atoms with Crippen LogP contribution in [0.1, 0.15) is 17.3 Å². The van der Waals surface area contributed by atoms with Crippen molar-refractivity contribution in [2.75, 3.05) is 0 Å². The van der Waals surface area contributed by atoms with Crippen molar-refractivity contribution in [2.24, 2.45) is 0 Å². The first kappa shape index (κ1) is 14.4. The van der Waals surface area contributed by atoms with Crippen LogP contribution < -0.4 is 10.4 Å². The molecule has 0 spiro atoms. The van der Waals surface area contributed by atoms with Gasteiger partial charge in [-0.25, -0.2) is 0 Å². The third-order valence-electron chi connectivity index (χ3n) is 3.07. The Kier molecular flexibility index (Phi) is 3.84. The fourth-order valence-electron chi connectivity index (χ4n) is 1.70. The largest absolute Gasteiger partial charge is 0.295 e. The average Bonchev–Trinajstić information content (AvgIpc) is 2.14. The highest BCUT2D eigenvalue weighted by Gasteiger charge is 2.23. The summed E-state index contributed by atoms with van der Waals surface area (Å²) in [5.74, 6) is 0.185. The third-order valence-corrected chi connectivity index (χ3v) is 7.11. The van der Waals surface area contributed by atoms with Gasteiger partial charge in [0.15, 0.2) is 5.78 Å². The first-order chi connectivity index (χ1) is 7.51. The van der Waals surface area contributed by atoms with Crippen LogP contribution in [0.15, 0.2) is 18.2 Å². The minimum Gasteiger partial charge on any atom is -0.295 e. The maximum Gasteiger partial charge on any atom is 0.159 e. The highest BCUT2D eigenvalue weighted by atomic mass is 28.3. The molecule has 0 saturated heterocycles. The van der Waals surface area contributed by atoms with Crippen molar-refractivity contribution in [3.63, 3.8) is 0 Å². The highest BCUT2D eigenvalue weighted by molar-refractivity contribution is 6.91. The molecule has 0 radical (unpaired) electrons. The number of benzene rings is 1. The zero-order valence-electron chi connectivity index (χ0n) is 12.1. The highest BCUT2D eigenvalue weighted by Crippen LogP contribution is 2.09. The van der Waals surface area contributed by atoms with E-state index in [1.807, 2.05) is 0 Å². The van der Waals surface area contributed by atoms with E-state index < -0.39 is 16.1 Å². The maximum absolute atomic E-state index is 11.6. The van der Waals surface area contributed by atoms with E-state index in [2.05, 4.69) is 57.5 Å². The Labute approximate surface area is 107 Å². The average molecular weight is 265 g/mol. The van der Waals surface area contributed by atoms with E-state index in [1.165, 1.54) is 10.4 Å². The number of hydrogen-bond donors (Lipinski definition) is 0. The van der Waals surface area contributed by atoms with Crippen LogP contribution in [0.3, 0.4) is 0 Å². The molecule has 0 unspecified atom stereocenters. The Morgan fingerprint density at radius 1 is 0.824 bits per heavy atom. The lowest BCUT2D eigenvalue weighted by atomic mass is 10.1. The van der Waals surface area contributed by atoms with E-state index in [-0.39, 0.29) is 5.78 Å². The second-order valence-corrected chi connectivity index (χ2v) is 17.0. The van der Waals surface area contributed by atoms with Gasteiger partial charge in [-0.3, -0.25) is 4.79 Å². The molecule has 0 bridgehead atoms. The molecule has 0 saturated carbocycles. The van der Waals surface area contributed by atoms with Crippen molar-refractivity contribution in [3.8, 4) is 0 Å². The lowest BCUT2D eigenvalue weighted by Crippen LogP contribution is -2.45. The van der Waals surface area contributed by atoms with Crippen molar-refractivity contribution >= 4 is 32.3 Å². The molecule has 94 valence electrons. The molecule has 0 heterocycles. The lowest BCUT2D eigenvalue weighted by Gasteiger charge is -2.23. The molecule has 1 rings (SSSR count). The molecular formula is C14H24OSi2. The van der Waals surface area contributed by atoms with Gasteiger partial charge in [-0.1, -0.05) is 67.9 Å². The van der Waals surface area contributed by atoms with Crippen molar-refractivity contribution in [3.05, 3.63) is 23.8 Å². The quantitative estimate of drug-likeness (QED) is 0.606. The Bertz CT molecular complexity index is 404. The van der Waals surface area contributed by atoms with Gasteiger partial charge in [-0.2, -0.15) is 0 Å². The molecule has 3 heteroatoms. The topological polar surface area (TPSA) is 17.1 Å². The molecule has 0 aliphatic carbocycles. The van der Waals surface area contributed by atoms with Crippen LogP contribution in [0.2, 0.25) is 39.3 Å². The molecule has 0 aliphatic rings. The van der Waals surface area contributed by atoms with E-state index >= 15 is 0 Å². The van der Waals surface area contributed by atoms with Crippen LogP contribution >= 0.6 is 0 Å². The van der Waals surface area contributed by atoms with E-state index in [1.54, 1.807) is 6.92 Å². The molecule has 0 amide bonds. The second-order valence-electron chi connectivity index (χ2n) is 6.86. The molecule has 0 N–H and O–H groups in total. The standard InChI is InChI=1S/C14H24OSi2/c1-11(15)12-8-13(16(2,3)4)10-14(9-12)17(5,6)7/h8-10H,1-7H3. The number of ketones is 1. The van der Waals surface area contributed by atoms with Crippen molar-refractivity contribution in [2.45, 2.75) is 46.2 Å². The summed E-state index contributed by atoms with van der Waals surface area (Å²) in [6, 6.07) is 6.57. The zero-order valence-corrected chi connectivity index (χ0v) is 14.1. The monoisotopic (exact) mass is 264 g/mol. The Morgan fingerprint density at radius 3 is 1.41 bits per heavy atom. The van der Waals surface area contributed by atoms with Gasteiger partial charge < -0.3 is 0 Å². The van der Waals surface area contributed by atoms with E-state index in [0.717, 1.165) is 5.56 Å². The molecule has 0 fully saturated rings.